The monoisotopic (exact) mass is 256 g/mol. The van der Waals surface area contributed by atoms with Gasteiger partial charge >= 0.3 is 0 Å². The van der Waals surface area contributed by atoms with E-state index in [0.29, 0.717) is 16.9 Å². The summed E-state index contributed by atoms with van der Waals surface area (Å²) in [6, 6.07) is 11.9. The van der Waals surface area contributed by atoms with Crippen molar-refractivity contribution in [2.45, 2.75) is 13.3 Å². The molecule has 2 aromatic carbocycles. The number of ether oxygens (including phenoxy) is 1. The van der Waals surface area contributed by atoms with Crippen LogP contribution < -0.4 is 4.74 Å². The van der Waals surface area contributed by atoms with Gasteiger partial charge in [0.15, 0.2) is 5.78 Å². The second-order valence-corrected chi connectivity index (χ2v) is 4.25. The van der Waals surface area contributed by atoms with Crippen LogP contribution in [0.25, 0.3) is 0 Å². The van der Waals surface area contributed by atoms with Crippen LogP contribution >= 0.6 is 0 Å². The Morgan fingerprint density at radius 1 is 1.16 bits per heavy atom. The van der Waals surface area contributed by atoms with Gasteiger partial charge in [-0.15, -0.1) is 0 Å². The molecule has 3 nitrogen and oxygen atoms in total. The molecule has 0 bridgehead atoms. The first kappa shape index (κ1) is 13.1. The lowest BCUT2D eigenvalue weighted by atomic mass is 9.96. The average molecular weight is 256 g/mol. The van der Waals surface area contributed by atoms with Crippen LogP contribution in [0.4, 0.5) is 0 Å². The molecule has 19 heavy (non-hydrogen) atoms. The van der Waals surface area contributed by atoms with E-state index in [1.807, 2.05) is 6.92 Å². The lowest BCUT2D eigenvalue weighted by Crippen LogP contribution is -2.05. The highest BCUT2D eigenvalue weighted by Gasteiger charge is 2.13. The molecule has 0 aliphatic heterocycles. The van der Waals surface area contributed by atoms with Crippen LogP contribution in [0.3, 0.4) is 0 Å². The number of carbonyl (C=O) groups is 1. The first-order valence-electron chi connectivity index (χ1n) is 6.16. The maximum atomic E-state index is 12.4. The summed E-state index contributed by atoms with van der Waals surface area (Å²) in [6.45, 7) is 1.98. The largest absolute Gasteiger partial charge is 0.508 e. The van der Waals surface area contributed by atoms with Crippen LogP contribution in [0.2, 0.25) is 0 Å². The Hall–Kier alpha value is -2.29. The van der Waals surface area contributed by atoms with Crippen molar-refractivity contribution in [3.8, 4) is 11.5 Å². The summed E-state index contributed by atoms with van der Waals surface area (Å²) in [5, 5.41) is 9.54. The molecule has 0 atom stereocenters. The van der Waals surface area contributed by atoms with E-state index in [2.05, 4.69) is 0 Å². The fourth-order valence-electron chi connectivity index (χ4n) is 1.98. The Kier molecular flexibility index (Phi) is 3.85. The number of benzene rings is 2. The molecule has 0 heterocycles. The summed E-state index contributed by atoms with van der Waals surface area (Å²) in [5.74, 6) is 0.729. The third-order valence-corrected chi connectivity index (χ3v) is 3.07. The number of phenolic OH excluding ortho intramolecular Hbond substituents is 1. The molecule has 0 aromatic heterocycles. The van der Waals surface area contributed by atoms with E-state index in [-0.39, 0.29) is 11.5 Å². The number of hydrogen-bond donors (Lipinski definition) is 1. The van der Waals surface area contributed by atoms with Crippen LogP contribution in [-0.4, -0.2) is 18.0 Å². The molecule has 1 N–H and O–H groups in total. The third kappa shape index (κ3) is 2.76. The summed E-state index contributed by atoms with van der Waals surface area (Å²) in [4.78, 5) is 12.4. The Morgan fingerprint density at radius 2 is 1.84 bits per heavy atom. The molecule has 2 aromatic rings. The molecule has 98 valence electrons. The highest BCUT2D eigenvalue weighted by Crippen LogP contribution is 2.21. The van der Waals surface area contributed by atoms with Gasteiger partial charge in [0, 0.05) is 11.1 Å². The Bertz CT molecular complexity index is 585. The number of methoxy groups -OCH3 is 1. The number of carbonyl (C=O) groups excluding carboxylic acids is 1. The molecule has 0 amide bonds. The first-order chi connectivity index (χ1) is 9.15. The number of hydrogen-bond acceptors (Lipinski definition) is 3. The quantitative estimate of drug-likeness (QED) is 0.854. The second kappa shape index (κ2) is 5.57. The highest BCUT2D eigenvalue weighted by molar-refractivity contribution is 6.10. The Morgan fingerprint density at radius 3 is 2.42 bits per heavy atom. The molecule has 0 saturated heterocycles. The van der Waals surface area contributed by atoms with Crippen molar-refractivity contribution in [3.05, 3.63) is 59.2 Å². The summed E-state index contributed by atoms with van der Waals surface area (Å²) in [5.41, 5.74) is 2.06. The van der Waals surface area contributed by atoms with Gasteiger partial charge in [-0.3, -0.25) is 4.79 Å². The molecule has 3 heteroatoms. The minimum Gasteiger partial charge on any atom is -0.508 e. The number of ketones is 1. The lowest BCUT2D eigenvalue weighted by molar-refractivity contribution is 0.103. The molecule has 0 aliphatic rings. The van der Waals surface area contributed by atoms with Crippen molar-refractivity contribution in [2.75, 3.05) is 7.11 Å². The smallest absolute Gasteiger partial charge is 0.193 e. The van der Waals surface area contributed by atoms with E-state index in [4.69, 9.17) is 4.74 Å². The Balaban J connectivity index is 2.40. The summed E-state index contributed by atoms with van der Waals surface area (Å²) < 4.78 is 5.07. The van der Waals surface area contributed by atoms with Crippen LogP contribution in [-0.2, 0) is 6.42 Å². The minimum atomic E-state index is -0.0876. The molecule has 0 fully saturated rings. The summed E-state index contributed by atoms with van der Waals surface area (Å²) in [6.07, 6.45) is 0.748. The topological polar surface area (TPSA) is 46.5 Å². The van der Waals surface area contributed by atoms with E-state index in [1.165, 1.54) is 6.07 Å². The second-order valence-electron chi connectivity index (χ2n) is 4.25. The van der Waals surface area contributed by atoms with Gasteiger partial charge in [-0.2, -0.15) is 0 Å². The van der Waals surface area contributed by atoms with Gasteiger partial charge in [0.05, 0.1) is 7.11 Å². The zero-order chi connectivity index (χ0) is 13.8. The van der Waals surface area contributed by atoms with Crippen LogP contribution in [0, 0.1) is 0 Å². The van der Waals surface area contributed by atoms with E-state index in [1.54, 1.807) is 43.5 Å². The van der Waals surface area contributed by atoms with Crippen molar-refractivity contribution in [3.63, 3.8) is 0 Å². The van der Waals surface area contributed by atoms with E-state index in [9.17, 15) is 9.90 Å². The summed E-state index contributed by atoms with van der Waals surface area (Å²) >= 11 is 0. The van der Waals surface area contributed by atoms with Crippen molar-refractivity contribution in [1.82, 2.24) is 0 Å². The van der Waals surface area contributed by atoms with Crippen molar-refractivity contribution in [1.29, 1.82) is 0 Å². The van der Waals surface area contributed by atoms with Gasteiger partial charge in [-0.05, 0) is 48.4 Å². The van der Waals surface area contributed by atoms with Crippen LogP contribution in [0.15, 0.2) is 42.5 Å². The number of aryl methyl sites for hydroxylation is 1. The van der Waals surface area contributed by atoms with Crippen LogP contribution in [0.1, 0.15) is 28.4 Å². The molecule has 0 aliphatic carbocycles. The zero-order valence-corrected chi connectivity index (χ0v) is 11.0. The number of rotatable bonds is 4. The molecular formula is C16H16O3. The molecule has 2 rings (SSSR count). The van der Waals surface area contributed by atoms with E-state index >= 15 is 0 Å². The normalized spacial score (nSPS) is 10.2. The maximum Gasteiger partial charge on any atom is 0.193 e. The number of phenols is 1. The van der Waals surface area contributed by atoms with Gasteiger partial charge in [0.25, 0.3) is 0 Å². The van der Waals surface area contributed by atoms with Gasteiger partial charge in [-0.25, -0.2) is 0 Å². The Labute approximate surface area is 112 Å². The van der Waals surface area contributed by atoms with Crippen molar-refractivity contribution < 1.29 is 14.6 Å². The zero-order valence-electron chi connectivity index (χ0n) is 11.0. The third-order valence-electron chi connectivity index (χ3n) is 3.07. The first-order valence-corrected chi connectivity index (χ1v) is 6.16. The van der Waals surface area contributed by atoms with E-state index in [0.717, 1.165) is 12.0 Å². The molecule has 0 saturated carbocycles. The fourth-order valence-corrected chi connectivity index (χ4v) is 1.98. The predicted octanol–water partition coefficient (Wildman–Crippen LogP) is 3.19. The van der Waals surface area contributed by atoms with Gasteiger partial charge in [-0.1, -0.05) is 13.0 Å². The van der Waals surface area contributed by atoms with Gasteiger partial charge in [0.1, 0.15) is 11.5 Å². The van der Waals surface area contributed by atoms with Gasteiger partial charge in [0.2, 0.25) is 0 Å². The molecular weight excluding hydrogens is 240 g/mol. The minimum absolute atomic E-state index is 0.0876. The predicted molar refractivity (Wildman–Crippen MR) is 73.9 cm³/mol. The SMILES string of the molecule is CCc1ccc(O)cc1C(=O)c1ccc(OC)cc1. The molecule has 0 spiro atoms. The van der Waals surface area contributed by atoms with E-state index < -0.39 is 0 Å². The molecule has 0 radical (unpaired) electrons. The standard InChI is InChI=1S/C16H16O3/c1-3-11-4-7-13(17)10-15(11)16(18)12-5-8-14(19-2)9-6-12/h4-10,17H,3H2,1-2H3. The van der Waals surface area contributed by atoms with Crippen LogP contribution in [0.5, 0.6) is 11.5 Å². The van der Waals surface area contributed by atoms with Crippen molar-refractivity contribution >= 4 is 5.78 Å². The highest BCUT2D eigenvalue weighted by atomic mass is 16.5. The fraction of sp³-hybridized carbons (Fsp3) is 0.188. The molecule has 0 unspecified atom stereocenters. The van der Waals surface area contributed by atoms with Gasteiger partial charge < -0.3 is 9.84 Å². The lowest BCUT2D eigenvalue weighted by Gasteiger charge is -2.08. The summed E-state index contributed by atoms with van der Waals surface area (Å²) in [7, 11) is 1.58. The van der Waals surface area contributed by atoms with Crippen molar-refractivity contribution in [2.24, 2.45) is 0 Å². The maximum absolute atomic E-state index is 12.4. The average Bonchev–Trinajstić information content (AvgIpc) is 2.46. The number of aromatic hydroxyl groups is 1.